The molecular weight excluding hydrogens is 466 g/mol. The summed E-state index contributed by atoms with van der Waals surface area (Å²) in [6, 6.07) is 24.0. The highest BCUT2D eigenvalue weighted by atomic mass is 35.5. The monoisotopic (exact) mass is 487 g/mol. The Labute approximate surface area is 208 Å². The van der Waals surface area contributed by atoms with Crippen molar-refractivity contribution >= 4 is 46.6 Å². The van der Waals surface area contributed by atoms with Crippen LogP contribution in [0, 0.1) is 25.2 Å². The lowest BCUT2D eigenvalue weighted by Crippen LogP contribution is -2.31. The number of nitriles is 1. The fourth-order valence-electron chi connectivity index (χ4n) is 3.68. The maximum absolute atomic E-state index is 13.6. The minimum atomic E-state index is -0.554. The molecule has 0 aromatic heterocycles. The molecule has 34 heavy (non-hydrogen) atoms. The molecule has 1 heterocycles. The Kier molecular flexibility index (Phi) is 7.06. The first kappa shape index (κ1) is 23.6. The molecule has 1 atom stereocenters. The predicted molar refractivity (Wildman–Crippen MR) is 138 cm³/mol. The molecule has 0 radical (unpaired) electrons. The van der Waals surface area contributed by atoms with Crippen LogP contribution in [-0.4, -0.2) is 17.1 Å². The van der Waals surface area contributed by atoms with E-state index in [1.54, 1.807) is 30.3 Å². The Bertz CT molecular complexity index is 1330. The highest BCUT2D eigenvalue weighted by Crippen LogP contribution is 2.42. The van der Waals surface area contributed by atoms with Crippen molar-refractivity contribution in [3.05, 3.63) is 105 Å². The van der Waals surface area contributed by atoms with Gasteiger partial charge >= 0.3 is 0 Å². The Morgan fingerprint density at radius 2 is 1.82 bits per heavy atom. The van der Waals surface area contributed by atoms with Gasteiger partial charge in [0.1, 0.15) is 16.7 Å². The molecule has 3 aromatic carbocycles. The van der Waals surface area contributed by atoms with E-state index in [1.807, 2.05) is 62.4 Å². The summed E-state index contributed by atoms with van der Waals surface area (Å²) in [4.78, 5) is 28.2. The van der Waals surface area contributed by atoms with Crippen molar-refractivity contribution in [3.8, 4) is 6.07 Å². The molecule has 1 aliphatic heterocycles. The summed E-state index contributed by atoms with van der Waals surface area (Å²) in [5.74, 6) is -0.732. The van der Waals surface area contributed by atoms with Crippen LogP contribution in [0.4, 0.5) is 11.4 Å². The quantitative estimate of drug-likeness (QED) is 0.352. The summed E-state index contributed by atoms with van der Waals surface area (Å²) < 4.78 is 0. The van der Waals surface area contributed by atoms with Gasteiger partial charge in [-0.3, -0.25) is 14.5 Å². The van der Waals surface area contributed by atoms with Crippen LogP contribution in [0.25, 0.3) is 0 Å². The molecular formula is C27H22ClN3O2S. The van der Waals surface area contributed by atoms with E-state index in [0.29, 0.717) is 27.8 Å². The van der Waals surface area contributed by atoms with E-state index >= 15 is 0 Å². The number of hydrogen-bond acceptors (Lipinski definition) is 4. The molecule has 1 saturated heterocycles. The van der Waals surface area contributed by atoms with E-state index < -0.39 is 11.2 Å². The predicted octanol–water partition coefficient (Wildman–Crippen LogP) is 6.02. The van der Waals surface area contributed by atoms with Crippen LogP contribution in [-0.2, 0) is 16.0 Å². The highest BCUT2D eigenvalue weighted by Gasteiger charge is 2.41. The molecule has 0 spiro atoms. The van der Waals surface area contributed by atoms with Crippen molar-refractivity contribution in [1.29, 1.82) is 5.26 Å². The van der Waals surface area contributed by atoms with Crippen LogP contribution in [0.15, 0.2) is 83.4 Å². The zero-order valence-electron chi connectivity index (χ0n) is 18.7. The molecule has 1 fully saturated rings. The topological polar surface area (TPSA) is 73.2 Å². The van der Waals surface area contributed by atoms with Gasteiger partial charge in [-0.1, -0.05) is 59.8 Å². The average molecular weight is 488 g/mol. The van der Waals surface area contributed by atoms with Crippen LogP contribution in [0.2, 0.25) is 5.02 Å². The van der Waals surface area contributed by atoms with Crippen LogP contribution >= 0.6 is 23.4 Å². The first-order chi connectivity index (χ1) is 16.4. The first-order valence-electron chi connectivity index (χ1n) is 10.7. The van der Waals surface area contributed by atoms with Crippen LogP contribution < -0.4 is 10.2 Å². The molecule has 7 heteroatoms. The van der Waals surface area contributed by atoms with E-state index in [0.717, 1.165) is 16.7 Å². The van der Waals surface area contributed by atoms with E-state index in [2.05, 4.69) is 5.32 Å². The lowest BCUT2D eigenvalue weighted by atomic mass is 10.1. The minimum absolute atomic E-state index is 0.103. The number of aryl methyl sites for hydroxylation is 2. The second-order valence-electron chi connectivity index (χ2n) is 7.99. The Morgan fingerprint density at radius 1 is 1.06 bits per heavy atom. The van der Waals surface area contributed by atoms with Gasteiger partial charge in [-0.2, -0.15) is 5.26 Å². The zero-order chi connectivity index (χ0) is 24.2. The molecule has 0 saturated carbocycles. The zero-order valence-corrected chi connectivity index (χ0v) is 20.3. The number of anilines is 2. The number of rotatable bonds is 5. The number of carbonyl (C=O) groups is 2. The number of carbonyl (C=O) groups excluding carboxylic acids is 2. The number of halogens is 1. The third-order valence-electron chi connectivity index (χ3n) is 5.60. The number of hydrogen-bond donors (Lipinski definition) is 1. The summed E-state index contributed by atoms with van der Waals surface area (Å²) in [5, 5.41) is 13.1. The Balaban J connectivity index is 1.75. The average Bonchev–Trinajstić information content (AvgIpc) is 3.12. The second kappa shape index (κ2) is 10.2. The number of nitrogens with one attached hydrogen (secondary N) is 1. The fourth-order valence-corrected chi connectivity index (χ4v) is 5.20. The van der Waals surface area contributed by atoms with Crippen molar-refractivity contribution in [2.45, 2.75) is 25.5 Å². The largest absolute Gasteiger partial charge is 0.321 e. The van der Waals surface area contributed by atoms with Gasteiger partial charge in [0, 0.05) is 16.4 Å². The van der Waals surface area contributed by atoms with Crippen LogP contribution in [0.3, 0.4) is 0 Å². The third-order valence-corrected chi connectivity index (χ3v) is 7.09. The third kappa shape index (κ3) is 5.01. The van der Waals surface area contributed by atoms with Gasteiger partial charge in [-0.25, -0.2) is 0 Å². The van der Waals surface area contributed by atoms with Gasteiger partial charge in [-0.15, -0.1) is 0 Å². The lowest BCUT2D eigenvalue weighted by molar-refractivity contribution is -0.117. The van der Waals surface area contributed by atoms with Crippen molar-refractivity contribution in [1.82, 2.24) is 0 Å². The Hall–Kier alpha value is -3.53. The molecule has 1 aliphatic rings. The molecule has 170 valence electrons. The van der Waals surface area contributed by atoms with Crippen molar-refractivity contribution < 1.29 is 9.59 Å². The SMILES string of the molecule is Cc1ccc(N2C(=O)C(Cc3cccc(Cl)c3)S/C2=C(/C#N)C(=O)Nc2ccccc2)cc1C. The molecule has 3 aromatic rings. The number of amides is 2. The van der Waals surface area contributed by atoms with E-state index in [9.17, 15) is 14.9 Å². The maximum atomic E-state index is 13.6. The summed E-state index contributed by atoms with van der Waals surface area (Å²) >= 11 is 7.37. The summed E-state index contributed by atoms with van der Waals surface area (Å²) in [7, 11) is 0. The molecule has 2 amide bonds. The van der Waals surface area contributed by atoms with E-state index in [-0.39, 0.29) is 11.5 Å². The van der Waals surface area contributed by atoms with Crippen molar-refractivity contribution in [2.24, 2.45) is 0 Å². The van der Waals surface area contributed by atoms with Gasteiger partial charge < -0.3 is 5.32 Å². The van der Waals surface area contributed by atoms with Crippen molar-refractivity contribution in [2.75, 3.05) is 10.2 Å². The first-order valence-corrected chi connectivity index (χ1v) is 12.0. The smallest absolute Gasteiger partial charge is 0.269 e. The standard InChI is InChI=1S/C27H22ClN3O2S/c1-17-11-12-22(13-18(17)2)31-26(33)24(15-19-7-6-8-20(28)14-19)34-27(31)23(16-29)25(32)30-21-9-4-3-5-10-21/h3-14,24H,15H2,1-2H3,(H,30,32)/b27-23-. The normalized spacial score (nSPS) is 16.8. The molecule has 1 unspecified atom stereocenters. The molecule has 0 bridgehead atoms. The number of benzene rings is 3. The van der Waals surface area contributed by atoms with E-state index in [1.165, 1.54) is 16.7 Å². The highest BCUT2D eigenvalue weighted by molar-refractivity contribution is 8.05. The van der Waals surface area contributed by atoms with Crippen LogP contribution in [0.1, 0.15) is 16.7 Å². The van der Waals surface area contributed by atoms with Gasteiger partial charge in [0.05, 0.1) is 5.25 Å². The number of thioether (sulfide) groups is 1. The lowest BCUT2D eigenvalue weighted by Gasteiger charge is -2.20. The summed E-state index contributed by atoms with van der Waals surface area (Å²) in [6.45, 7) is 3.96. The number of para-hydroxylation sites is 1. The molecule has 0 aliphatic carbocycles. The minimum Gasteiger partial charge on any atom is -0.321 e. The maximum Gasteiger partial charge on any atom is 0.269 e. The molecule has 4 rings (SSSR count). The van der Waals surface area contributed by atoms with Gasteiger partial charge in [0.2, 0.25) is 5.91 Å². The fraction of sp³-hybridized carbons (Fsp3) is 0.148. The molecule has 5 nitrogen and oxygen atoms in total. The second-order valence-corrected chi connectivity index (χ2v) is 9.62. The van der Waals surface area contributed by atoms with Crippen LogP contribution in [0.5, 0.6) is 0 Å². The van der Waals surface area contributed by atoms with Crippen molar-refractivity contribution in [3.63, 3.8) is 0 Å². The molecule has 1 N–H and O–H groups in total. The van der Waals surface area contributed by atoms with Gasteiger partial charge in [0.15, 0.2) is 0 Å². The Morgan fingerprint density at radius 3 is 2.50 bits per heavy atom. The van der Waals surface area contributed by atoms with E-state index in [4.69, 9.17) is 11.6 Å². The van der Waals surface area contributed by atoms with Gasteiger partial charge in [-0.05, 0) is 73.4 Å². The summed E-state index contributed by atoms with van der Waals surface area (Å²) in [5.41, 5.74) is 4.11. The number of nitrogens with zero attached hydrogens (tertiary/aromatic N) is 2. The summed E-state index contributed by atoms with van der Waals surface area (Å²) in [6.07, 6.45) is 0.425. The van der Waals surface area contributed by atoms with Gasteiger partial charge in [0.25, 0.3) is 5.91 Å².